The van der Waals surface area contributed by atoms with Crippen molar-refractivity contribution in [3.8, 4) is 0 Å². The largest absolute Gasteiger partial charge is 0.424 e. The molecule has 4 aromatic rings. The monoisotopic (exact) mass is 465 g/mol. The van der Waals surface area contributed by atoms with Gasteiger partial charge in [0.15, 0.2) is 17.5 Å². The van der Waals surface area contributed by atoms with Crippen LogP contribution in [0.15, 0.2) is 66.7 Å². The Hall–Kier alpha value is -4.14. The second-order valence-electron chi connectivity index (χ2n) is 8.10. The van der Waals surface area contributed by atoms with E-state index in [0.717, 1.165) is 11.0 Å². The van der Waals surface area contributed by atoms with Crippen molar-refractivity contribution in [1.29, 1.82) is 0 Å². The molecule has 1 saturated heterocycles. The molecule has 1 aliphatic heterocycles. The Morgan fingerprint density at radius 3 is 2.41 bits per heavy atom. The van der Waals surface area contributed by atoms with Crippen molar-refractivity contribution in [3.63, 3.8) is 0 Å². The van der Waals surface area contributed by atoms with Crippen LogP contribution in [-0.2, 0) is 21.6 Å². The molecular formula is C25H18F3N3O3. The molecule has 1 fully saturated rings. The van der Waals surface area contributed by atoms with Crippen molar-refractivity contribution < 1.29 is 27.5 Å². The molecule has 5 rings (SSSR count). The van der Waals surface area contributed by atoms with Crippen LogP contribution in [0.5, 0.6) is 0 Å². The number of amides is 2. The fourth-order valence-corrected chi connectivity index (χ4v) is 4.18. The fourth-order valence-electron chi connectivity index (χ4n) is 4.18. The highest BCUT2D eigenvalue weighted by Gasteiger charge is 2.58. The van der Waals surface area contributed by atoms with Gasteiger partial charge in [-0.2, -0.15) is 0 Å². The van der Waals surface area contributed by atoms with Crippen molar-refractivity contribution in [3.05, 3.63) is 101 Å². The lowest BCUT2D eigenvalue weighted by atomic mass is 9.92. The number of rotatable bonds is 5. The number of hydrogen-bond acceptors (Lipinski definition) is 4. The zero-order valence-electron chi connectivity index (χ0n) is 17.9. The van der Waals surface area contributed by atoms with Gasteiger partial charge in [-0.25, -0.2) is 27.8 Å². The molecule has 172 valence electrons. The molecule has 0 spiro atoms. The number of aromatic amines is 1. The molecule has 0 aliphatic carbocycles. The van der Waals surface area contributed by atoms with Gasteiger partial charge < -0.3 is 9.72 Å². The lowest BCUT2D eigenvalue weighted by molar-refractivity contribution is -0.139. The molecule has 1 aromatic heterocycles. The Kier molecular flexibility index (Phi) is 5.11. The molecule has 0 radical (unpaired) electrons. The highest BCUT2D eigenvalue weighted by atomic mass is 19.2. The molecule has 0 bridgehead atoms. The number of imidazole rings is 1. The van der Waals surface area contributed by atoms with Gasteiger partial charge in [-0.05, 0) is 42.3 Å². The summed E-state index contributed by atoms with van der Waals surface area (Å²) >= 11 is 0. The van der Waals surface area contributed by atoms with Crippen molar-refractivity contribution in [2.45, 2.75) is 25.0 Å². The molecule has 2 heterocycles. The number of nitrogens with one attached hydrogen (secondary N) is 1. The first kappa shape index (κ1) is 21.7. The number of carbonyl (C=O) groups is 2. The number of nitrogens with zero attached hydrogens (tertiary/aromatic N) is 2. The average molecular weight is 465 g/mol. The number of ether oxygens (including phenoxy) is 1. The van der Waals surface area contributed by atoms with Crippen LogP contribution in [0.4, 0.5) is 18.0 Å². The number of halogens is 3. The zero-order chi connectivity index (χ0) is 24.0. The van der Waals surface area contributed by atoms with Crippen molar-refractivity contribution in [2.75, 3.05) is 0 Å². The van der Waals surface area contributed by atoms with E-state index in [0.29, 0.717) is 11.1 Å². The number of aromatic nitrogens is 2. The van der Waals surface area contributed by atoms with Crippen molar-refractivity contribution in [2.24, 2.45) is 0 Å². The van der Waals surface area contributed by atoms with E-state index >= 15 is 0 Å². The van der Waals surface area contributed by atoms with E-state index < -0.39 is 41.1 Å². The highest BCUT2D eigenvalue weighted by Crippen LogP contribution is 2.41. The average Bonchev–Trinajstić information content (AvgIpc) is 3.37. The van der Waals surface area contributed by atoms with E-state index in [4.69, 9.17) is 4.74 Å². The predicted octanol–water partition coefficient (Wildman–Crippen LogP) is 5.16. The normalized spacial score (nSPS) is 19.0. The highest BCUT2D eigenvalue weighted by molar-refractivity contribution is 6.04. The third-order valence-electron chi connectivity index (χ3n) is 5.99. The van der Waals surface area contributed by atoms with E-state index in [-0.39, 0.29) is 23.3 Å². The summed E-state index contributed by atoms with van der Waals surface area (Å²) < 4.78 is 47.2. The standard InChI is InChI=1S/C25H18F3N3O3/c1-14(16-7-9-17(26)10-8-16)31-23(32)25(34-24(31)33,13-15-5-3-2-4-6-15)22-29-19-12-11-18(27)20(28)21(19)30-22/h2-12,14H,13H2,1H3,(H,29,30)/t14-,25-/m1/s1. The second kappa shape index (κ2) is 8.02. The van der Waals surface area contributed by atoms with Crippen LogP contribution < -0.4 is 0 Å². The third kappa shape index (κ3) is 3.40. The molecule has 3 aromatic carbocycles. The van der Waals surface area contributed by atoms with Crippen LogP contribution in [0.2, 0.25) is 0 Å². The minimum absolute atomic E-state index is 0.0883. The number of benzene rings is 3. The van der Waals surface area contributed by atoms with Gasteiger partial charge >= 0.3 is 6.09 Å². The fraction of sp³-hybridized carbons (Fsp3) is 0.160. The second-order valence-corrected chi connectivity index (χ2v) is 8.10. The van der Waals surface area contributed by atoms with Crippen LogP contribution in [0, 0.1) is 17.5 Å². The van der Waals surface area contributed by atoms with E-state index in [1.54, 1.807) is 37.3 Å². The molecule has 2 amide bonds. The van der Waals surface area contributed by atoms with Gasteiger partial charge in [0.2, 0.25) is 0 Å². The minimum atomic E-state index is -1.94. The zero-order valence-corrected chi connectivity index (χ0v) is 17.9. The SMILES string of the molecule is C[C@H](c1ccc(F)cc1)N1C(=O)O[C@](Cc2ccccc2)(c2nc3c(F)c(F)ccc3[nH]2)C1=O. The first-order valence-corrected chi connectivity index (χ1v) is 10.5. The van der Waals surface area contributed by atoms with Gasteiger partial charge in [-0.15, -0.1) is 0 Å². The van der Waals surface area contributed by atoms with Gasteiger partial charge in [0, 0.05) is 6.42 Å². The topological polar surface area (TPSA) is 75.3 Å². The Labute approximate surface area is 192 Å². The summed E-state index contributed by atoms with van der Waals surface area (Å²) in [5.41, 5.74) is -0.923. The number of fused-ring (bicyclic) bond motifs is 1. The minimum Gasteiger partial charge on any atom is -0.424 e. The maximum absolute atomic E-state index is 14.4. The maximum atomic E-state index is 14.4. The van der Waals surface area contributed by atoms with Gasteiger partial charge in [-0.3, -0.25) is 4.79 Å². The Bertz CT molecular complexity index is 1410. The van der Waals surface area contributed by atoms with Gasteiger partial charge in [0.1, 0.15) is 11.3 Å². The van der Waals surface area contributed by atoms with Gasteiger partial charge in [0.05, 0.1) is 11.6 Å². The number of imide groups is 1. The smallest absolute Gasteiger partial charge is 0.418 e. The number of hydrogen-bond donors (Lipinski definition) is 1. The van der Waals surface area contributed by atoms with E-state index in [9.17, 15) is 22.8 Å². The van der Waals surface area contributed by atoms with Crippen LogP contribution in [0.3, 0.4) is 0 Å². The van der Waals surface area contributed by atoms with E-state index in [1.165, 1.54) is 30.3 Å². The van der Waals surface area contributed by atoms with Gasteiger partial charge in [-0.1, -0.05) is 42.5 Å². The molecule has 9 heteroatoms. The number of H-pyrrole nitrogens is 1. The first-order chi connectivity index (χ1) is 16.3. The molecule has 34 heavy (non-hydrogen) atoms. The molecule has 2 atom stereocenters. The van der Waals surface area contributed by atoms with Crippen LogP contribution in [0.25, 0.3) is 11.0 Å². The van der Waals surface area contributed by atoms with Crippen LogP contribution in [0.1, 0.15) is 29.9 Å². The van der Waals surface area contributed by atoms with E-state index in [1.807, 2.05) is 0 Å². The maximum Gasteiger partial charge on any atom is 0.418 e. The predicted molar refractivity (Wildman–Crippen MR) is 116 cm³/mol. The summed E-state index contributed by atoms with van der Waals surface area (Å²) in [5, 5.41) is 0. The lowest BCUT2D eigenvalue weighted by Gasteiger charge is -2.25. The van der Waals surface area contributed by atoms with Crippen molar-refractivity contribution in [1.82, 2.24) is 14.9 Å². The molecule has 0 unspecified atom stereocenters. The Morgan fingerprint density at radius 1 is 1.00 bits per heavy atom. The van der Waals surface area contributed by atoms with E-state index in [2.05, 4.69) is 9.97 Å². The summed E-state index contributed by atoms with van der Waals surface area (Å²) in [6, 6.07) is 15.7. The summed E-state index contributed by atoms with van der Waals surface area (Å²) in [6.07, 6.45) is -1.01. The Balaban J connectivity index is 1.63. The first-order valence-electron chi connectivity index (χ1n) is 10.5. The molecule has 1 aliphatic rings. The third-order valence-corrected chi connectivity index (χ3v) is 5.99. The molecular weight excluding hydrogens is 447 g/mol. The molecule has 1 N–H and O–H groups in total. The molecule has 6 nitrogen and oxygen atoms in total. The number of carbonyl (C=O) groups excluding carboxylic acids is 2. The van der Waals surface area contributed by atoms with Crippen LogP contribution in [-0.4, -0.2) is 26.9 Å². The van der Waals surface area contributed by atoms with Gasteiger partial charge in [0.25, 0.3) is 11.5 Å². The number of cyclic esters (lactones) is 1. The summed E-state index contributed by atoms with van der Waals surface area (Å²) in [4.78, 5) is 34.8. The molecule has 0 saturated carbocycles. The van der Waals surface area contributed by atoms with Crippen LogP contribution >= 0.6 is 0 Å². The summed E-state index contributed by atoms with van der Waals surface area (Å²) in [5.74, 6) is -3.57. The van der Waals surface area contributed by atoms with Crippen molar-refractivity contribution >= 4 is 23.0 Å². The summed E-state index contributed by atoms with van der Waals surface area (Å²) in [6.45, 7) is 1.61. The lowest BCUT2D eigenvalue weighted by Crippen LogP contribution is -2.42. The quantitative estimate of drug-likeness (QED) is 0.442. The summed E-state index contributed by atoms with van der Waals surface area (Å²) in [7, 11) is 0. The Morgan fingerprint density at radius 2 is 1.71 bits per heavy atom.